The van der Waals surface area contributed by atoms with Crippen molar-refractivity contribution in [3.63, 3.8) is 0 Å². The fourth-order valence-corrected chi connectivity index (χ4v) is 2.38. The van der Waals surface area contributed by atoms with Crippen molar-refractivity contribution >= 4 is 16.8 Å². The van der Waals surface area contributed by atoms with Crippen molar-refractivity contribution in [2.24, 2.45) is 0 Å². The van der Waals surface area contributed by atoms with E-state index in [1.807, 2.05) is 36.5 Å². The number of carbonyl (C=O) groups excluding carboxylic acids is 1. The summed E-state index contributed by atoms with van der Waals surface area (Å²) < 4.78 is 0. The van der Waals surface area contributed by atoms with Gasteiger partial charge in [0.15, 0.2) is 0 Å². The molecule has 0 bridgehead atoms. The number of para-hydroxylation sites is 1. The zero-order valence-electron chi connectivity index (χ0n) is 11.5. The van der Waals surface area contributed by atoms with Gasteiger partial charge in [-0.15, -0.1) is 0 Å². The fraction of sp³-hybridized carbons (Fsp3) is 0.118. The molecule has 0 spiro atoms. The number of aromatic nitrogens is 1. The summed E-state index contributed by atoms with van der Waals surface area (Å²) in [4.78, 5) is 15.2. The van der Waals surface area contributed by atoms with Crippen LogP contribution in [0, 0.1) is 0 Å². The first-order valence-corrected chi connectivity index (χ1v) is 6.82. The third-order valence-corrected chi connectivity index (χ3v) is 3.43. The summed E-state index contributed by atoms with van der Waals surface area (Å²) in [6.07, 6.45) is 2.21. The van der Waals surface area contributed by atoms with Crippen molar-refractivity contribution in [2.45, 2.75) is 13.0 Å². The molecule has 3 N–H and O–H groups in total. The van der Waals surface area contributed by atoms with Gasteiger partial charge < -0.3 is 15.4 Å². The Morgan fingerprint density at radius 1 is 1.14 bits per heavy atom. The van der Waals surface area contributed by atoms with Gasteiger partial charge in [0, 0.05) is 23.6 Å². The Labute approximate surface area is 122 Å². The number of H-pyrrole nitrogens is 1. The summed E-state index contributed by atoms with van der Waals surface area (Å²) in [5.74, 6) is 0.168. The maximum absolute atomic E-state index is 12.0. The standard InChI is InChI=1S/C17H16N2O2/c20-14-5-3-4-12(8-14)10-19-17(21)9-13-11-18-16-7-2-1-6-15(13)16/h1-8,11,18,20H,9-10H2,(H,19,21). The number of carbonyl (C=O) groups is 1. The van der Waals surface area contributed by atoms with Gasteiger partial charge in [-0.1, -0.05) is 30.3 Å². The lowest BCUT2D eigenvalue weighted by Crippen LogP contribution is -2.24. The van der Waals surface area contributed by atoms with E-state index in [0.29, 0.717) is 13.0 Å². The molecule has 0 aliphatic heterocycles. The van der Waals surface area contributed by atoms with Crippen LogP contribution < -0.4 is 5.32 Å². The summed E-state index contributed by atoms with van der Waals surface area (Å²) in [6, 6.07) is 14.8. The summed E-state index contributed by atoms with van der Waals surface area (Å²) in [7, 11) is 0. The third kappa shape index (κ3) is 3.05. The van der Waals surface area contributed by atoms with E-state index in [4.69, 9.17) is 0 Å². The number of aromatic hydroxyl groups is 1. The van der Waals surface area contributed by atoms with E-state index in [-0.39, 0.29) is 11.7 Å². The van der Waals surface area contributed by atoms with Gasteiger partial charge in [0.05, 0.1) is 6.42 Å². The Bertz CT molecular complexity index is 777. The van der Waals surface area contributed by atoms with E-state index < -0.39 is 0 Å². The normalized spacial score (nSPS) is 10.7. The molecule has 4 heteroatoms. The molecule has 0 unspecified atom stereocenters. The van der Waals surface area contributed by atoms with Gasteiger partial charge in [-0.3, -0.25) is 4.79 Å². The van der Waals surface area contributed by atoms with Crippen LogP contribution in [-0.2, 0) is 17.8 Å². The van der Waals surface area contributed by atoms with Crippen LogP contribution in [0.2, 0.25) is 0 Å². The highest BCUT2D eigenvalue weighted by molar-refractivity contribution is 5.88. The molecule has 0 saturated carbocycles. The molecule has 1 heterocycles. The molecule has 0 fully saturated rings. The molecule has 0 aliphatic rings. The van der Waals surface area contributed by atoms with E-state index >= 15 is 0 Å². The van der Waals surface area contributed by atoms with E-state index in [1.165, 1.54) is 0 Å². The van der Waals surface area contributed by atoms with Crippen LogP contribution in [0.1, 0.15) is 11.1 Å². The molecular formula is C17H16N2O2. The van der Waals surface area contributed by atoms with Crippen molar-refractivity contribution < 1.29 is 9.90 Å². The second-order valence-corrected chi connectivity index (χ2v) is 4.98. The van der Waals surface area contributed by atoms with Crippen LogP contribution >= 0.6 is 0 Å². The minimum Gasteiger partial charge on any atom is -0.508 e. The predicted molar refractivity (Wildman–Crippen MR) is 82.0 cm³/mol. The van der Waals surface area contributed by atoms with E-state index in [0.717, 1.165) is 22.0 Å². The number of amides is 1. The average Bonchev–Trinajstić information content (AvgIpc) is 2.89. The summed E-state index contributed by atoms with van der Waals surface area (Å²) in [5.41, 5.74) is 2.90. The SMILES string of the molecule is O=C(Cc1c[nH]c2ccccc12)NCc1cccc(O)c1. The smallest absolute Gasteiger partial charge is 0.224 e. The lowest BCUT2D eigenvalue weighted by molar-refractivity contribution is -0.120. The second-order valence-electron chi connectivity index (χ2n) is 4.98. The highest BCUT2D eigenvalue weighted by Crippen LogP contribution is 2.18. The molecule has 1 amide bonds. The number of nitrogens with one attached hydrogen (secondary N) is 2. The van der Waals surface area contributed by atoms with Gasteiger partial charge in [0.1, 0.15) is 5.75 Å². The maximum Gasteiger partial charge on any atom is 0.224 e. The quantitative estimate of drug-likeness (QED) is 0.688. The molecule has 2 aromatic carbocycles. The van der Waals surface area contributed by atoms with Crippen LogP contribution in [0.15, 0.2) is 54.7 Å². The van der Waals surface area contributed by atoms with Gasteiger partial charge in [-0.25, -0.2) is 0 Å². The monoisotopic (exact) mass is 280 g/mol. The number of hydrogen-bond acceptors (Lipinski definition) is 2. The first-order valence-electron chi connectivity index (χ1n) is 6.82. The lowest BCUT2D eigenvalue weighted by Gasteiger charge is -2.05. The molecule has 0 saturated heterocycles. The zero-order chi connectivity index (χ0) is 14.7. The first-order chi connectivity index (χ1) is 10.2. The molecular weight excluding hydrogens is 264 g/mol. The Morgan fingerprint density at radius 2 is 2.00 bits per heavy atom. The molecule has 106 valence electrons. The van der Waals surface area contributed by atoms with Gasteiger partial charge in [0.2, 0.25) is 5.91 Å². The number of fused-ring (bicyclic) bond motifs is 1. The molecule has 21 heavy (non-hydrogen) atoms. The van der Waals surface area contributed by atoms with Gasteiger partial charge >= 0.3 is 0 Å². The maximum atomic E-state index is 12.0. The molecule has 0 radical (unpaired) electrons. The third-order valence-electron chi connectivity index (χ3n) is 3.43. The highest BCUT2D eigenvalue weighted by atomic mass is 16.3. The molecule has 0 aliphatic carbocycles. The first kappa shape index (κ1) is 13.2. The Kier molecular flexibility index (Phi) is 3.60. The fourth-order valence-electron chi connectivity index (χ4n) is 2.38. The van der Waals surface area contributed by atoms with Crippen molar-refractivity contribution in [3.8, 4) is 5.75 Å². The van der Waals surface area contributed by atoms with Crippen molar-refractivity contribution in [1.82, 2.24) is 10.3 Å². The Morgan fingerprint density at radius 3 is 2.86 bits per heavy atom. The summed E-state index contributed by atoms with van der Waals surface area (Å²) in [6.45, 7) is 0.412. The highest BCUT2D eigenvalue weighted by Gasteiger charge is 2.08. The number of benzene rings is 2. The molecule has 3 aromatic rings. The average molecular weight is 280 g/mol. The van der Waals surface area contributed by atoms with Crippen molar-refractivity contribution in [2.75, 3.05) is 0 Å². The lowest BCUT2D eigenvalue weighted by atomic mass is 10.1. The van der Waals surface area contributed by atoms with Crippen LogP contribution in [0.4, 0.5) is 0 Å². The summed E-state index contributed by atoms with van der Waals surface area (Å²) in [5, 5.41) is 13.3. The van der Waals surface area contributed by atoms with E-state index in [9.17, 15) is 9.90 Å². The zero-order valence-corrected chi connectivity index (χ0v) is 11.5. The topological polar surface area (TPSA) is 65.1 Å². The van der Waals surface area contributed by atoms with E-state index in [2.05, 4.69) is 10.3 Å². The number of hydrogen-bond donors (Lipinski definition) is 3. The van der Waals surface area contributed by atoms with Crippen molar-refractivity contribution in [1.29, 1.82) is 0 Å². The van der Waals surface area contributed by atoms with Crippen molar-refractivity contribution in [3.05, 3.63) is 65.9 Å². The largest absolute Gasteiger partial charge is 0.508 e. The second kappa shape index (κ2) is 5.71. The number of rotatable bonds is 4. The van der Waals surface area contributed by atoms with Gasteiger partial charge in [-0.2, -0.15) is 0 Å². The predicted octanol–water partition coefficient (Wildman–Crippen LogP) is 2.73. The van der Waals surface area contributed by atoms with Gasteiger partial charge in [-0.05, 0) is 29.3 Å². The Balaban J connectivity index is 1.64. The molecule has 4 nitrogen and oxygen atoms in total. The van der Waals surface area contributed by atoms with Crippen LogP contribution in [0.25, 0.3) is 10.9 Å². The summed E-state index contributed by atoms with van der Waals surface area (Å²) >= 11 is 0. The van der Waals surface area contributed by atoms with Crippen LogP contribution in [-0.4, -0.2) is 16.0 Å². The van der Waals surface area contributed by atoms with Crippen LogP contribution in [0.3, 0.4) is 0 Å². The minimum atomic E-state index is -0.0388. The number of phenolic OH excluding ortho intramolecular Hbond substituents is 1. The molecule has 0 atom stereocenters. The van der Waals surface area contributed by atoms with Gasteiger partial charge in [0.25, 0.3) is 0 Å². The Hall–Kier alpha value is -2.75. The molecule has 3 rings (SSSR count). The minimum absolute atomic E-state index is 0.0388. The van der Waals surface area contributed by atoms with Crippen LogP contribution in [0.5, 0.6) is 5.75 Å². The van der Waals surface area contributed by atoms with E-state index in [1.54, 1.807) is 18.2 Å². The number of aromatic amines is 1. The molecule has 1 aromatic heterocycles. The number of phenols is 1.